The number of piperidine rings is 1. The van der Waals surface area contributed by atoms with Crippen LogP contribution in [-0.2, 0) is 23.9 Å². The first-order valence-electron chi connectivity index (χ1n) is 22.6. The van der Waals surface area contributed by atoms with Gasteiger partial charge in [0.1, 0.15) is 13.2 Å². The number of allylic oxidation sites excluding steroid dienone is 8. The number of esters is 2. The molecule has 316 valence electrons. The summed E-state index contributed by atoms with van der Waals surface area (Å²) in [5.74, 6) is -0.537. The molecule has 8 heteroatoms. The highest BCUT2D eigenvalue weighted by atomic mass is 16.5. The lowest BCUT2D eigenvalue weighted by molar-refractivity contribution is -0.148. The summed E-state index contributed by atoms with van der Waals surface area (Å²) in [6.45, 7) is 6.85. The lowest BCUT2D eigenvalue weighted by atomic mass is 10.1. The maximum absolute atomic E-state index is 13.2. The first kappa shape index (κ1) is 50.3. The Kier molecular flexibility index (Phi) is 34.9. The fourth-order valence-corrected chi connectivity index (χ4v) is 6.58. The first-order valence-corrected chi connectivity index (χ1v) is 22.6. The quantitative estimate of drug-likeness (QED) is 0.0385. The van der Waals surface area contributed by atoms with Gasteiger partial charge in [-0.1, -0.05) is 127 Å². The number of hydrogen-bond acceptors (Lipinski definition) is 7. The number of amides is 1. The van der Waals surface area contributed by atoms with Gasteiger partial charge < -0.3 is 19.5 Å². The van der Waals surface area contributed by atoms with E-state index in [1.54, 1.807) is 4.90 Å². The minimum atomic E-state index is -0.305. The van der Waals surface area contributed by atoms with Crippen LogP contribution in [0.1, 0.15) is 181 Å². The number of unbranched alkanes of at least 4 members (excludes halogenated alkanes) is 16. The Morgan fingerprint density at radius 2 is 0.945 bits per heavy atom. The molecule has 1 heterocycles. The highest BCUT2D eigenvalue weighted by Crippen LogP contribution is 2.12. The van der Waals surface area contributed by atoms with E-state index in [-0.39, 0.29) is 56.8 Å². The van der Waals surface area contributed by atoms with Gasteiger partial charge in [0, 0.05) is 25.9 Å². The number of nitrogens with zero attached hydrogens (tertiary/aromatic N) is 2. The van der Waals surface area contributed by atoms with E-state index in [4.69, 9.17) is 9.47 Å². The van der Waals surface area contributed by atoms with Crippen molar-refractivity contribution in [2.24, 2.45) is 0 Å². The summed E-state index contributed by atoms with van der Waals surface area (Å²) in [6.07, 6.45) is 44.9. The molecule has 0 atom stereocenters. The Balaban J connectivity index is 2.22. The lowest BCUT2D eigenvalue weighted by Gasteiger charge is -2.31. The maximum atomic E-state index is 13.2. The van der Waals surface area contributed by atoms with Gasteiger partial charge in [0.05, 0.1) is 25.7 Å². The summed E-state index contributed by atoms with van der Waals surface area (Å²) in [5.41, 5.74) is 0. The zero-order chi connectivity index (χ0) is 39.9. The molecule has 1 aliphatic heterocycles. The maximum Gasteiger partial charge on any atom is 0.305 e. The number of likely N-dealkylation sites (tertiary alicyclic amines) is 1. The molecule has 0 unspecified atom stereocenters. The number of rotatable bonds is 36. The van der Waals surface area contributed by atoms with Gasteiger partial charge in [0.25, 0.3) is 0 Å². The fourth-order valence-electron chi connectivity index (χ4n) is 6.58. The molecule has 1 amide bonds. The molecule has 0 spiro atoms. The monoisotopic (exact) mass is 771 g/mol. The Morgan fingerprint density at radius 3 is 1.36 bits per heavy atom. The van der Waals surface area contributed by atoms with E-state index >= 15 is 0 Å². The predicted molar refractivity (Wildman–Crippen MR) is 229 cm³/mol. The van der Waals surface area contributed by atoms with E-state index in [1.807, 2.05) is 4.90 Å². The zero-order valence-corrected chi connectivity index (χ0v) is 35.4. The minimum absolute atomic E-state index is 0.0778. The number of carbonyl (C=O) groups excluding carboxylic acids is 3. The molecule has 0 saturated carbocycles. The highest BCUT2D eigenvalue weighted by molar-refractivity contribution is 5.78. The second-order valence-electron chi connectivity index (χ2n) is 15.3. The lowest BCUT2D eigenvalue weighted by Crippen LogP contribution is -2.46. The summed E-state index contributed by atoms with van der Waals surface area (Å²) >= 11 is 0. The molecule has 1 rings (SSSR count). The van der Waals surface area contributed by atoms with E-state index in [1.165, 1.54) is 77.0 Å². The van der Waals surface area contributed by atoms with Gasteiger partial charge in [-0.05, 0) is 89.9 Å². The summed E-state index contributed by atoms with van der Waals surface area (Å²) in [4.78, 5) is 41.7. The van der Waals surface area contributed by atoms with Crippen LogP contribution in [0.4, 0.5) is 0 Å². The summed E-state index contributed by atoms with van der Waals surface area (Å²) in [7, 11) is 0. The Bertz CT molecular complexity index is 982. The van der Waals surface area contributed by atoms with Crippen molar-refractivity contribution in [3.8, 4) is 0 Å². The van der Waals surface area contributed by atoms with Crippen molar-refractivity contribution >= 4 is 17.8 Å². The van der Waals surface area contributed by atoms with Gasteiger partial charge >= 0.3 is 11.9 Å². The fraction of sp³-hybridized carbons (Fsp3) is 0.766. The SMILES string of the molecule is CCCCC/C=C\C/C=C\CCCCCCCC(=O)OCCN(CCOC(=O)CCCCCCC/C=C\C/C=C\CCCCC)C(=O)CN1CCC(O)CC1. The summed E-state index contributed by atoms with van der Waals surface area (Å²) in [6, 6.07) is 0. The Morgan fingerprint density at radius 1 is 0.564 bits per heavy atom. The molecule has 0 aliphatic carbocycles. The number of hydrogen-bond donors (Lipinski definition) is 1. The molecule has 0 aromatic rings. The molecule has 1 N–H and O–H groups in total. The summed E-state index contributed by atoms with van der Waals surface area (Å²) in [5, 5.41) is 9.85. The number of carbonyl (C=O) groups is 3. The predicted octanol–water partition coefficient (Wildman–Crippen LogP) is 11.0. The standard InChI is InChI=1S/C47H82N2O6/c1-3-5-7-9-11-13-15-17-19-21-23-25-27-29-31-33-46(52)54-41-39-49(45(51)43-48-37-35-44(50)36-38-48)40-42-55-47(53)34-32-30-28-26-24-22-20-18-16-14-12-10-8-6-4-2/h11-14,17-20,44,50H,3-10,15-16,21-43H2,1-2H3/b13-11-,14-12-,19-17-,20-18-. The molecular weight excluding hydrogens is 689 g/mol. The molecule has 1 fully saturated rings. The molecule has 0 aromatic heterocycles. The first-order chi connectivity index (χ1) is 27.0. The van der Waals surface area contributed by atoms with Gasteiger partial charge in [-0.2, -0.15) is 0 Å². The molecule has 55 heavy (non-hydrogen) atoms. The van der Waals surface area contributed by atoms with E-state index < -0.39 is 0 Å². The van der Waals surface area contributed by atoms with Crippen LogP contribution in [0.2, 0.25) is 0 Å². The van der Waals surface area contributed by atoms with E-state index in [0.717, 1.165) is 64.2 Å². The van der Waals surface area contributed by atoms with Crippen LogP contribution in [0.3, 0.4) is 0 Å². The molecule has 0 radical (unpaired) electrons. The van der Waals surface area contributed by atoms with Gasteiger partial charge in [0.15, 0.2) is 0 Å². The van der Waals surface area contributed by atoms with Crippen molar-refractivity contribution in [3.63, 3.8) is 0 Å². The molecule has 1 aliphatic rings. The topological polar surface area (TPSA) is 96.4 Å². The normalized spacial score (nSPS) is 14.2. The van der Waals surface area contributed by atoms with Crippen LogP contribution in [0.5, 0.6) is 0 Å². The molecule has 0 bridgehead atoms. The van der Waals surface area contributed by atoms with Crippen molar-refractivity contribution < 1.29 is 29.0 Å². The van der Waals surface area contributed by atoms with E-state index in [2.05, 4.69) is 62.5 Å². The molecule has 1 saturated heterocycles. The third kappa shape index (κ3) is 33.2. The van der Waals surface area contributed by atoms with E-state index in [0.29, 0.717) is 38.8 Å². The van der Waals surface area contributed by atoms with Gasteiger partial charge in [0.2, 0.25) is 5.91 Å². The third-order valence-electron chi connectivity index (χ3n) is 10.2. The van der Waals surface area contributed by atoms with Crippen LogP contribution in [0.25, 0.3) is 0 Å². The average Bonchev–Trinajstić information content (AvgIpc) is 3.18. The molecular formula is C47H82N2O6. The Hall–Kier alpha value is -2.71. The second kappa shape index (κ2) is 38.2. The Labute approximate surface area is 337 Å². The second-order valence-corrected chi connectivity index (χ2v) is 15.3. The van der Waals surface area contributed by atoms with Crippen molar-refractivity contribution in [2.75, 3.05) is 45.9 Å². The van der Waals surface area contributed by atoms with Crippen molar-refractivity contribution in [2.45, 2.75) is 187 Å². The summed E-state index contributed by atoms with van der Waals surface area (Å²) < 4.78 is 11.0. The van der Waals surface area contributed by atoms with Crippen LogP contribution in [0.15, 0.2) is 48.6 Å². The van der Waals surface area contributed by atoms with Crippen LogP contribution in [-0.4, -0.2) is 84.8 Å². The largest absolute Gasteiger partial charge is 0.464 e. The van der Waals surface area contributed by atoms with Gasteiger partial charge in [-0.25, -0.2) is 0 Å². The van der Waals surface area contributed by atoms with Crippen LogP contribution in [0, 0.1) is 0 Å². The van der Waals surface area contributed by atoms with Crippen molar-refractivity contribution in [1.29, 1.82) is 0 Å². The average molecular weight is 771 g/mol. The minimum Gasteiger partial charge on any atom is -0.464 e. The molecule has 8 nitrogen and oxygen atoms in total. The number of aliphatic hydroxyl groups excluding tert-OH is 1. The van der Waals surface area contributed by atoms with Gasteiger partial charge in [-0.15, -0.1) is 0 Å². The smallest absolute Gasteiger partial charge is 0.305 e. The van der Waals surface area contributed by atoms with Crippen LogP contribution < -0.4 is 0 Å². The van der Waals surface area contributed by atoms with Crippen molar-refractivity contribution in [3.05, 3.63) is 48.6 Å². The van der Waals surface area contributed by atoms with E-state index in [9.17, 15) is 19.5 Å². The highest BCUT2D eigenvalue weighted by Gasteiger charge is 2.22. The number of aliphatic hydroxyl groups is 1. The van der Waals surface area contributed by atoms with Crippen LogP contribution >= 0.6 is 0 Å². The third-order valence-corrected chi connectivity index (χ3v) is 10.2. The van der Waals surface area contributed by atoms with Gasteiger partial charge in [-0.3, -0.25) is 19.3 Å². The molecule has 0 aromatic carbocycles. The van der Waals surface area contributed by atoms with Crippen molar-refractivity contribution in [1.82, 2.24) is 9.80 Å². The number of ether oxygens (including phenoxy) is 2. The zero-order valence-electron chi connectivity index (χ0n) is 35.4.